The fourth-order valence-corrected chi connectivity index (χ4v) is 8.65. The number of halogens is 1. The molecule has 338 valence electrons. The van der Waals surface area contributed by atoms with Crippen molar-refractivity contribution in [3.8, 4) is 23.0 Å². The first kappa shape index (κ1) is 45.0. The van der Waals surface area contributed by atoms with Gasteiger partial charge < -0.3 is 49.5 Å². The monoisotopic (exact) mass is 902 g/mol. The molecule has 3 fully saturated rings. The molecule has 0 spiro atoms. The molecule has 1 aromatic heterocycles. The fraction of sp³-hybridized carbons (Fsp3) is 0.300. The summed E-state index contributed by atoms with van der Waals surface area (Å²) in [7, 11) is 1.52. The van der Waals surface area contributed by atoms with Crippen molar-refractivity contribution in [3.63, 3.8) is 0 Å². The van der Waals surface area contributed by atoms with Crippen LogP contribution in [-0.2, 0) is 22.6 Å². The molecule has 0 saturated carbocycles. The molecule has 3 aliphatic rings. The highest BCUT2D eigenvalue weighted by molar-refractivity contribution is 6.32. The molecule has 3 aliphatic heterocycles. The summed E-state index contributed by atoms with van der Waals surface area (Å²) < 4.78 is 29.0. The maximum absolute atomic E-state index is 13.3. The van der Waals surface area contributed by atoms with Crippen molar-refractivity contribution in [2.45, 2.75) is 44.2 Å². The third-order valence-corrected chi connectivity index (χ3v) is 12.2. The van der Waals surface area contributed by atoms with Crippen LogP contribution in [0.15, 0.2) is 120 Å². The second-order valence-electron chi connectivity index (χ2n) is 16.1. The number of piperidine rings is 3. The van der Waals surface area contributed by atoms with E-state index in [1.807, 2.05) is 54.6 Å². The Kier molecular flexibility index (Phi) is 14.5. The normalized spacial score (nSPS) is 17.5. The largest absolute Gasteiger partial charge is 0.506 e. The molecule has 15 heteroatoms. The van der Waals surface area contributed by atoms with Gasteiger partial charge in [0, 0.05) is 42.7 Å². The predicted molar refractivity (Wildman–Crippen MR) is 245 cm³/mol. The number of amides is 1. The number of phenols is 1. The summed E-state index contributed by atoms with van der Waals surface area (Å²) in [5, 5.41) is 28.3. The number of phenolic OH excluding ortho intramolecular Hbond substituents is 1. The number of alkyl carbamates (subject to hydrolysis) is 1. The standard InChI is InChI=1S/C50H51ClN4O10/c1-61-43-26-44(40(51)25-36(43)27-52-28-42(57)38-14-16-41(56)48-39(38)15-17-46(58)53-48)62-22-23-63-49(59)34-12-10-31(11-13-34)30-64-37-9-5-8-35(24-37)47(33-6-3-2-4-7-33)54-50(60)65-45-29-55-20-18-32(45)19-21-55/h2-17,24-26,32,42,45,47,52,56-57H,18-23,27-30H2,1H3,(H,53,58)(H,54,60)/t42-,45-,47-/m0/s1. The number of aliphatic hydroxyl groups is 1. The van der Waals surface area contributed by atoms with Crippen LogP contribution in [0.3, 0.4) is 0 Å². The number of rotatable bonds is 18. The number of aromatic amines is 1. The highest BCUT2D eigenvalue weighted by Gasteiger charge is 2.37. The number of aromatic hydroxyl groups is 1. The molecule has 5 N–H and O–H groups in total. The molecular formula is C50H51ClN4O10. The van der Waals surface area contributed by atoms with Crippen LogP contribution in [0.1, 0.15) is 63.2 Å². The number of pyridine rings is 1. The van der Waals surface area contributed by atoms with E-state index in [-0.39, 0.29) is 49.3 Å². The van der Waals surface area contributed by atoms with Gasteiger partial charge in [-0.05, 0) is 96.6 Å². The number of methoxy groups -OCH3 is 1. The SMILES string of the molecule is COc1cc(OCCOC(=O)c2ccc(COc3cccc([C@@H](NC(=O)O[C@H]4CN5CCC4CC5)c4ccccc4)c3)cc2)c(Cl)cc1CNC[C@H](O)c1ccc(O)c2[nH]c(=O)ccc12. The van der Waals surface area contributed by atoms with E-state index in [1.165, 1.54) is 19.2 Å². The number of nitrogens with one attached hydrogen (secondary N) is 3. The van der Waals surface area contributed by atoms with E-state index in [9.17, 15) is 24.6 Å². The van der Waals surface area contributed by atoms with Gasteiger partial charge in [0.2, 0.25) is 5.56 Å². The molecule has 9 rings (SSSR count). The summed E-state index contributed by atoms with van der Waals surface area (Å²) in [5.41, 5.74) is 4.14. The van der Waals surface area contributed by atoms with Crippen LogP contribution in [0.25, 0.3) is 10.9 Å². The van der Waals surface area contributed by atoms with E-state index in [2.05, 4.69) is 20.5 Å². The third-order valence-electron chi connectivity index (χ3n) is 11.9. The number of carbonyl (C=O) groups excluding carboxylic acids is 2. The van der Waals surface area contributed by atoms with Gasteiger partial charge in [-0.1, -0.05) is 72.3 Å². The number of nitrogens with zero attached hydrogens (tertiary/aromatic N) is 1. The lowest BCUT2D eigenvalue weighted by Crippen LogP contribution is -2.52. The van der Waals surface area contributed by atoms with Crippen molar-refractivity contribution in [1.82, 2.24) is 20.5 Å². The van der Waals surface area contributed by atoms with Gasteiger partial charge in [-0.2, -0.15) is 0 Å². The van der Waals surface area contributed by atoms with Crippen molar-refractivity contribution in [2.24, 2.45) is 5.92 Å². The average molecular weight is 903 g/mol. The number of fused-ring (bicyclic) bond motifs is 4. The molecule has 1 amide bonds. The van der Waals surface area contributed by atoms with Crippen LogP contribution in [0.2, 0.25) is 5.02 Å². The Hall–Kier alpha value is -6.58. The van der Waals surface area contributed by atoms with Crippen LogP contribution in [0.4, 0.5) is 4.79 Å². The number of ether oxygens (including phenoxy) is 5. The van der Waals surface area contributed by atoms with Gasteiger partial charge in [-0.15, -0.1) is 0 Å². The fourth-order valence-electron chi connectivity index (χ4n) is 8.41. The Labute approximate surface area is 381 Å². The summed E-state index contributed by atoms with van der Waals surface area (Å²) in [6.07, 6.45) is 0.629. The van der Waals surface area contributed by atoms with Crippen LogP contribution < -0.4 is 30.4 Å². The molecule has 3 saturated heterocycles. The second-order valence-corrected chi connectivity index (χ2v) is 16.5. The Morgan fingerprint density at radius 3 is 2.42 bits per heavy atom. The van der Waals surface area contributed by atoms with Gasteiger partial charge in [0.25, 0.3) is 0 Å². The minimum Gasteiger partial charge on any atom is -0.506 e. The maximum Gasteiger partial charge on any atom is 0.408 e. The first-order valence-electron chi connectivity index (χ1n) is 21.6. The third kappa shape index (κ3) is 11.2. The molecule has 4 heterocycles. The van der Waals surface area contributed by atoms with Gasteiger partial charge >= 0.3 is 12.1 Å². The highest BCUT2D eigenvalue weighted by atomic mass is 35.5. The zero-order chi connectivity index (χ0) is 45.3. The van der Waals surface area contributed by atoms with E-state index >= 15 is 0 Å². The molecule has 0 unspecified atom stereocenters. The lowest BCUT2D eigenvalue weighted by molar-refractivity contribution is -0.0336. The van der Waals surface area contributed by atoms with Gasteiger partial charge in [-0.3, -0.25) is 9.69 Å². The number of aliphatic hydroxyl groups excluding tert-OH is 1. The van der Waals surface area contributed by atoms with E-state index in [0.717, 1.165) is 49.2 Å². The van der Waals surface area contributed by atoms with Crippen LogP contribution in [0.5, 0.6) is 23.0 Å². The lowest BCUT2D eigenvalue weighted by Gasteiger charge is -2.43. The van der Waals surface area contributed by atoms with E-state index in [1.54, 1.807) is 48.5 Å². The van der Waals surface area contributed by atoms with Crippen molar-refractivity contribution < 1.29 is 43.5 Å². The van der Waals surface area contributed by atoms with Gasteiger partial charge in [0.05, 0.1) is 35.4 Å². The number of carbonyl (C=O) groups is 2. The average Bonchev–Trinajstić information content (AvgIpc) is 3.33. The number of H-pyrrole nitrogens is 1. The van der Waals surface area contributed by atoms with Gasteiger partial charge in [-0.25, -0.2) is 9.59 Å². The van der Waals surface area contributed by atoms with E-state index in [4.69, 9.17) is 35.3 Å². The Morgan fingerprint density at radius 1 is 0.877 bits per heavy atom. The van der Waals surface area contributed by atoms with Gasteiger partial charge in [0.1, 0.15) is 48.9 Å². The molecule has 6 aromatic rings. The predicted octanol–water partition coefficient (Wildman–Crippen LogP) is 7.44. The first-order chi connectivity index (χ1) is 31.6. The number of esters is 1. The Morgan fingerprint density at radius 2 is 1.66 bits per heavy atom. The Balaban J connectivity index is 0.794. The summed E-state index contributed by atoms with van der Waals surface area (Å²) in [6.45, 7) is 3.63. The van der Waals surface area contributed by atoms with Crippen molar-refractivity contribution >= 4 is 34.6 Å². The second kappa shape index (κ2) is 20.9. The van der Waals surface area contributed by atoms with Crippen molar-refractivity contribution in [3.05, 3.63) is 164 Å². The molecule has 0 radical (unpaired) electrons. The van der Waals surface area contributed by atoms with Crippen LogP contribution in [0, 0.1) is 5.92 Å². The number of benzene rings is 5. The summed E-state index contributed by atoms with van der Waals surface area (Å²) in [6, 6.07) is 33.2. The molecule has 65 heavy (non-hydrogen) atoms. The zero-order valence-electron chi connectivity index (χ0n) is 35.8. The zero-order valence-corrected chi connectivity index (χ0v) is 36.6. The van der Waals surface area contributed by atoms with Crippen molar-refractivity contribution in [2.75, 3.05) is 46.5 Å². The van der Waals surface area contributed by atoms with Crippen LogP contribution in [-0.4, -0.2) is 84.8 Å². The highest BCUT2D eigenvalue weighted by Crippen LogP contribution is 2.34. The molecular weight excluding hydrogens is 852 g/mol. The molecule has 5 aromatic carbocycles. The smallest absolute Gasteiger partial charge is 0.408 e. The van der Waals surface area contributed by atoms with Gasteiger partial charge in [0.15, 0.2) is 0 Å². The number of hydrogen-bond donors (Lipinski definition) is 5. The van der Waals surface area contributed by atoms with Crippen molar-refractivity contribution in [1.29, 1.82) is 0 Å². The minimum absolute atomic E-state index is 0.0318. The number of hydrogen-bond acceptors (Lipinski definition) is 12. The maximum atomic E-state index is 13.3. The lowest BCUT2D eigenvalue weighted by atomic mass is 9.86. The first-order valence-corrected chi connectivity index (χ1v) is 22.0. The summed E-state index contributed by atoms with van der Waals surface area (Å²) in [4.78, 5) is 42.9. The van der Waals surface area contributed by atoms with E-state index in [0.29, 0.717) is 56.8 Å². The number of aromatic nitrogens is 1. The summed E-state index contributed by atoms with van der Waals surface area (Å²) >= 11 is 6.56. The molecule has 3 atom stereocenters. The molecule has 2 bridgehead atoms. The van der Waals surface area contributed by atoms with E-state index < -0.39 is 24.2 Å². The Bertz CT molecular complexity index is 2650. The van der Waals surface area contributed by atoms with Crippen LogP contribution >= 0.6 is 11.6 Å². The minimum atomic E-state index is -0.945. The molecule has 0 aliphatic carbocycles. The topological polar surface area (TPSA) is 181 Å². The quantitative estimate of drug-likeness (QED) is 0.0426. The summed E-state index contributed by atoms with van der Waals surface area (Å²) in [5.74, 6) is 1.28. The molecule has 14 nitrogen and oxygen atoms in total.